The summed E-state index contributed by atoms with van der Waals surface area (Å²) in [5.41, 5.74) is 0.207. The Balaban J connectivity index is 1.93. The zero-order valence-corrected chi connectivity index (χ0v) is 15.6. The molecule has 2 rings (SSSR count). The van der Waals surface area contributed by atoms with Gasteiger partial charge in [-0.2, -0.15) is 0 Å². The van der Waals surface area contributed by atoms with Crippen LogP contribution >= 0.6 is 0 Å². The number of amides is 1. The van der Waals surface area contributed by atoms with Crippen LogP contribution in [0.4, 0.5) is 0 Å². The van der Waals surface area contributed by atoms with Crippen LogP contribution < -0.4 is 5.32 Å². The van der Waals surface area contributed by atoms with Gasteiger partial charge in [0.1, 0.15) is 0 Å². The molecule has 1 saturated carbocycles. The first-order chi connectivity index (χ1) is 11.7. The number of rotatable bonds is 5. The molecule has 25 heavy (non-hydrogen) atoms. The molecular formula is C18H25NO5S. The number of ether oxygens (including phenoxy) is 1. The van der Waals surface area contributed by atoms with Gasteiger partial charge in [0.15, 0.2) is 15.9 Å². The van der Waals surface area contributed by atoms with Crippen LogP contribution in [-0.4, -0.2) is 38.7 Å². The summed E-state index contributed by atoms with van der Waals surface area (Å²) in [5, 5.41) is 2.96. The number of hydrogen-bond acceptors (Lipinski definition) is 5. The molecule has 138 valence electrons. The fraction of sp³-hybridized carbons (Fsp3) is 0.556. The molecule has 3 atom stereocenters. The Morgan fingerprint density at radius 2 is 1.76 bits per heavy atom. The molecule has 1 amide bonds. The summed E-state index contributed by atoms with van der Waals surface area (Å²) in [7, 11) is -3.32. The van der Waals surface area contributed by atoms with Crippen molar-refractivity contribution in [1.29, 1.82) is 0 Å². The Labute approximate surface area is 148 Å². The van der Waals surface area contributed by atoms with Crippen molar-refractivity contribution < 1.29 is 22.7 Å². The highest BCUT2D eigenvalue weighted by atomic mass is 32.2. The predicted octanol–water partition coefficient (Wildman–Crippen LogP) is 2.33. The normalized spacial score (nSPS) is 22.0. The highest BCUT2D eigenvalue weighted by Gasteiger charge is 2.26. The predicted molar refractivity (Wildman–Crippen MR) is 94.0 cm³/mol. The van der Waals surface area contributed by atoms with Gasteiger partial charge in [0.2, 0.25) is 0 Å². The lowest BCUT2D eigenvalue weighted by Gasteiger charge is -2.30. The second kappa shape index (κ2) is 7.99. The number of benzene rings is 1. The minimum Gasteiger partial charge on any atom is -0.449 e. The molecule has 1 aromatic rings. The fourth-order valence-corrected chi connectivity index (χ4v) is 3.58. The van der Waals surface area contributed by atoms with Crippen molar-refractivity contribution in [3.8, 4) is 0 Å². The molecule has 1 aliphatic rings. The Bertz CT molecular complexity index is 726. The summed E-state index contributed by atoms with van der Waals surface area (Å²) in [6.07, 6.45) is 4.50. The van der Waals surface area contributed by atoms with Crippen LogP contribution in [0.1, 0.15) is 49.9 Å². The highest BCUT2D eigenvalue weighted by Crippen LogP contribution is 2.23. The van der Waals surface area contributed by atoms with Crippen LogP contribution in [-0.2, 0) is 19.4 Å². The lowest BCUT2D eigenvalue weighted by atomic mass is 9.86. The molecule has 0 radical (unpaired) electrons. The monoisotopic (exact) mass is 367 g/mol. The van der Waals surface area contributed by atoms with E-state index in [4.69, 9.17) is 4.74 Å². The fourth-order valence-electron chi connectivity index (χ4n) is 2.95. The van der Waals surface area contributed by atoms with Crippen molar-refractivity contribution in [2.24, 2.45) is 5.92 Å². The van der Waals surface area contributed by atoms with Gasteiger partial charge in [-0.25, -0.2) is 13.2 Å². The maximum atomic E-state index is 12.2. The van der Waals surface area contributed by atoms with Crippen molar-refractivity contribution >= 4 is 21.7 Å². The van der Waals surface area contributed by atoms with Gasteiger partial charge in [0.25, 0.3) is 5.91 Å². The second-order valence-corrected chi connectivity index (χ2v) is 8.74. The first-order valence-electron chi connectivity index (χ1n) is 8.50. The third kappa shape index (κ3) is 5.29. The molecule has 0 spiro atoms. The van der Waals surface area contributed by atoms with Crippen LogP contribution in [0.25, 0.3) is 0 Å². The molecule has 1 aliphatic carbocycles. The summed E-state index contributed by atoms with van der Waals surface area (Å²) in [5.74, 6) is -0.539. The van der Waals surface area contributed by atoms with Crippen LogP contribution in [0, 0.1) is 5.92 Å². The van der Waals surface area contributed by atoms with E-state index < -0.39 is 21.9 Å². The van der Waals surface area contributed by atoms with Gasteiger partial charge < -0.3 is 10.1 Å². The van der Waals surface area contributed by atoms with E-state index in [1.807, 2.05) is 0 Å². The summed E-state index contributed by atoms with van der Waals surface area (Å²) >= 11 is 0. The van der Waals surface area contributed by atoms with E-state index in [1.165, 1.54) is 37.6 Å². The molecule has 0 heterocycles. The summed E-state index contributed by atoms with van der Waals surface area (Å²) in [6.45, 7) is 3.65. The largest absolute Gasteiger partial charge is 0.449 e. The summed E-state index contributed by atoms with van der Waals surface area (Å²) < 4.78 is 28.1. The Kier molecular flexibility index (Phi) is 6.21. The zero-order chi connectivity index (χ0) is 18.6. The van der Waals surface area contributed by atoms with E-state index in [9.17, 15) is 18.0 Å². The SMILES string of the molecule is C[C@@H](OC(=O)c1ccc(S(C)(=O)=O)cc1)C(=O)N[C@@H]1CCCC[C@@H]1C. The quantitative estimate of drug-likeness (QED) is 0.807. The lowest BCUT2D eigenvalue weighted by Crippen LogP contribution is -2.45. The molecule has 0 bridgehead atoms. The Hall–Kier alpha value is -1.89. The minimum absolute atomic E-state index is 0.122. The molecule has 6 nitrogen and oxygen atoms in total. The second-order valence-electron chi connectivity index (χ2n) is 6.72. The van der Waals surface area contributed by atoms with Crippen LogP contribution in [0.5, 0.6) is 0 Å². The molecule has 0 aromatic heterocycles. The van der Waals surface area contributed by atoms with Gasteiger partial charge in [-0.3, -0.25) is 4.79 Å². The number of nitrogens with one attached hydrogen (secondary N) is 1. The molecule has 0 unspecified atom stereocenters. The molecule has 1 N–H and O–H groups in total. The maximum Gasteiger partial charge on any atom is 0.338 e. The average molecular weight is 367 g/mol. The van der Waals surface area contributed by atoms with E-state index in [-0.39, 0.29) is 22.4 Å². The third-order valence-electron chi connectivity index (χ3n) is 4.61. The average Bonchev–Trinajstić information content (AvgIpc) is 2.56. The standard InChI is InChI=1S/C18H25NO5S/c1-12-6-4-5-7-16(12)19-17(20)13(2)24-18(21)14-8-10-15(11-9-14)25(3,22)23/h8-13,16H,4-7H2,1-3H3,(H,19,20)/t12-,13+,16+/m0/s1. The van der Waals surface area contributed by atoms with Gasteiger partial charge in [-0.1, -0.05) is 19.8 Å². The van der Waals surface area contributed by atoms with Gasteiger partial charge in [0, 0.05) is 12.3 Å². The van der Waals surface area contributed by atoms with Crippen LogP contribution in [0.15, 0.2) is 29.2 Å². The zero-order valence-electron chi connectivity index (χ0n) is 14.8. The summed E-state index contributed by atoms with van der Waals surface area (Å²) in [4.78, 5) is 24.5. The van der Waals surface area contributed by atoms with E-state index in [1.54, 1.807) is 0 Å². The number of carbonyl (C=O) groups excluding carboxylic acids is 2. The smallest absolute Gasteiger partial charge is 0.338 e. The van der Waals surface area contributed by atoms with Crippen molar-refractivity contribution in [2.75, 3.05) is 6.26 Å². The molecule has 7 heteroatoms. The topological polar surface area (TPSA) is 89.5 Å². The Morgan fingerprint density at radius 3 is 2.32 bits per heavy atom. The van der Waals surface area contributed by atoms with Crippen molar-refractivity contribution in [1.82, 2.24) is 5.32 Å². The van der Waals surface area contributed by atoms with Crippen LogP contribution in [0.3, 0.4) is 0 Å². The number of esters is 1. The highest BCUT2D eigenvalue weighted by molar-refractivity contribution is 7.90. The van der Waals surface area contributed by atoms with E-state index >= 15 is 0 Å². The van der Waals surface area contributed by atoms with Gasteiger partial charge in [-0.05, 0) is 49.9 Å². The van der Waals surface area contributed by atoms with E-state index in [2.05, 4.69) is 12.2 Å². The van der Waals surface area contributed by atoms with Gasteiger partial charge >= 0.3 is 5.97 Å². The van der Waals surface area contributed by atoms with E-state index in [0.717, 1.165) is 25.5 Å². The molecule has 0 saturated heterocycles. The van der Waals surface area contributed by atoms with Gasteiger partial charge in [-0.15, -0.1) is 0 Å². The lowest BCUT2D eigenvalue weighted by molar-refractivity contribution is -0.130. The van der Waals surface area contributed by atoms with Crippen molar-refractivity contribution in [2.45, 2.75) is 56.6 Å². The van der Waals surface area contributed by atoms with Crippen molar-refractivity contribution in [3.63, 3.8) is 0 Å². The molecule has 1 fully saturated rings. The third-order valence-corrected chi connectivity index (χ3v) is 5.74. The number of carbonyl (C=O) groups is 2. The minimum atomic E-state index is -3.32. The first-order valence-corrected chi connectivity index (χ1v) is 10.4. The van der Waals surface area contributed by atoms with E-state index in [0.29, 0.717) is 5.92 Å². The number of hydrogen-bond donors (Lipinski definition) is 1. The molecular weight excluding hydrogens is 342 g/mol. The number of sulfone groups is 1. The van der Waals surface area contributed by atoms with Crippen molar-refractivity contribution in [3.05, 3.63) is 29.8 Å². The molecule has 0 aliphatic heterocycles. The van der Waals surface area contributed by atoms with Gasteiger partial charge in [0.05, 0.1) is 10.5 Å². The molecule has 1 aromatic carbocycles. The van der Waals surface area contributed by atoms with Crippen LogP contribution in [0.2, 0.25) is 0 Å². The summed E-state index contributed by atoms with van der Waals surface area (Å²) in [6, 6.07) is 5.58. The first kappa shape index (κ1) is 19.4. The maximum absolute atomic E-state index is 12.2. The Morgan fingerprint density at radius 1 is 1.16 bits per heavy atom.